The molecule has 21 heavy (non-hydrogen) atoms. The van der Waals surface area contributed by atoms with Crippen molar-refractivity contribution in [3.05, 3.63) is 64.2 Å². The molecule has 0 heterocycles. The van der Waals surface area contributed by atoms with Gasteiger partial charge in [-0.1, -0.05) is 36.4 Å². The molecule has 0 saturated heterocycles. The van der Waals surface area contributed by atoms with Gasteiger partial charge in [0.15, 0.2) is 0 Å². The molecular formula is C19H23NO. The maximum atomic E-state index is 12.1. The number of carbonyl (C=O) groups is 1. The van der Waals surface area contributed by atoms with E-state index in [1.807, 2.05) is 32.0 Å². The summed E-state index contributed by atoms with van der Waals surface area (Å²) in [5.41, 5.74) is 6.95. The third kappa shape index (κ3) is 3.94. The van der Waals surface area contributed by atoms with Crippen LogP contribution in [0.3, 0.4) is 0 Å². The minimum Gasteiger partial charge on any atom is -0.326 e. The Morgan fingerprint density at radius 1 is 0.905 bits per heavy atom. The van der Waals surface area contributed by atoms with Crippen molar-refractivity contribution in [2.75, 3.05) is 5.32 Å². The Kier molecular flexibility index (Phi) is 4.79. The first-order chi connectivity index (χ1) is 9.97. The number of anilines is 1. The van der Waals surface area contributed by atoms with Crippen molar-refractivity contribution in [3.8, 4) is 0 Å². The largest absolute Gasteiger partial charge is 0.326 e. The summed E-state index contributed by atoms with van der Waals surface area (Å²) in [5.74, 6) is 0.0747. The Morgan fingerprint density at radius 2 is 1.57 bits per heavy atom. The van der Waals surface area contributed by atoms with E-state index in [0.717, 1.165) is 23.2 Å². The molecule has 0 bridgehead atoms. The number of amides is 1. The van der Waals surface area contributed by atoms with Crippen LogP contribution in [0, 0.1) is 27.7 Å². The summed E-state index contributed by atoms with van der Waals surface area (Å²) in [7, 11) is 0. The van der Waals surface area contributed by atoms with Gasteiger partial charge in [0.25, 0.3) is 0 Å². The molecule has 0 radical (unpaired) electrons. The first-order valence-electron chi connectivity index (χ1n) is 7.39. The van der Waals surface area contributed by atoms with Crippen LogP contribution in [0.25, 0.3) is 0 Å². The van der Waals surface area contributed by atoms with E-state index in [2.05, 4.69) is 37.4 Å². The number of carbonyl (C=O) groups excluding carboxylic acids is 1. The predicted molar refractivity (Wildman–Crippen MR) is 88.8 cm³/mol. The van der Waals surface area contributed by atoms with E-state index in [1.165, 1.54) is 16.7 Å². The average molecular weight is 281 g/mol. The number of hydrogen-bond acceptors (Lipinski definition) is 1. The highest BCUT2D eigenvalue weighted by molar-refractivity contribution is 5.92. The molecule has 0 aliphatic heterocycles. The summed E-state index contributed by atoms with van der Waals surface area (Å²) < 4.78 is 0. The highest BCUT2D eigenvalue weighted by atomic mass is 16.1. The molecular weight excluding hydrogens is 258 g/mol. The fraction of sp³-hybridized carbons (Fsp3) is 0.316. The fourth-order valence-electron chi connectivity index (χ4n) is 2.43. The van der Waals surface area contributed by atoms with Gasteiger partial charge >= 0.3 is 0 Å². The highest BCUT2D eigenvalue weighted by Gasteiger charge is 2.07. The second-order valence-electron chi connectivity index (χ2n) is 5.73. The van der Waals surface area contributed by atoms with E-state index in [9.17, 15) is 4.79 Å². The first kappa shape index (κ1) is 15.3. The standard InChI is InChI=1S/C19H23NO/c1-13-8-9-17(12-16(13)4)10-11-18(21)20-19-14(2)6-5-7-15(19)3/h5-9,12H,10-11H2,1-4H3,(H,20,21). The lowest BCUT2D eigenvalue weighted by Gasteiger charge is -2.11. The second kappa shape index (κ2) is 6.57. The van der Waals surface area contributed by atoms with Gasteiger partial charge in [0.1, 0.15) is 0 Å². The average Bonchev–Trinajstić information content (AvgIpc) is 2.44. The van der Waals surface area contributed by atoms with Crippen molar-refractivity contribution in [2.45, 2.75) is 40.5 Å². The molecule has 1 amide bonds. The molecule has 2 heteroatoms. The Hall–Kier alpha value is -2.09. The SMILES string of the molecule is Cc1ccc(CCC(=O)Nc2c(C)cccc2C)cc1C. The maximum absolute atomic E-state index is 12.1. The van der Waals surface area contributed by atoms with E-state index >= 15 is 0 Å². The molecule has 0 aliphatic rings. The molecule has 2 nitrogen and oxygen atoms in total. The summed E-state index contributed by atoms with van der Waals surface area (Å²) in [5, 5.41) is 3.04. The Bertz CT molecular complexity index is 638. The minimum absolute atomic E-state index is 0.0747. The number of rotatable bonds is 4. The predicted octanol–water partition coefficient (Wildman–Crippen LogP) is 4.49. The van der Waals surface area contributed by atoms with Crippen molar-refractivity contribution in [1.82, 2.24) is 0 Å². The van der Waals surface area contributed by atoms with Crippen LogP contribution >= 0.6 is 0 Å². The van der Waals surface area contributed by atoms with Crippen LogP contribution in [-0.4, -0.2) is 5.91 Å². The van der Waals surface area contributed by atoms with Gasteiger partial charge < -0.3 is 5.32 Å². The lowest BCUT2D eigenvalue weighted by Crippen LogP contribution is -2.14. The summed E-state index contributed by atoms with van der Waals surface area (Å²) >= 11 is 0. The minimum atomic E-state index is 0.0747. The molecule has 2 aromatic rings. The Morgan fingerprint density at radius 3 is 2.19 bits per heavy atom. The molecule has 0 atom stereocenters. The fourth-order valence-corrected chi connectivity index (χ4v) is 2.43. The van der Waals surface area contributed by atoms with Gasteiger partial charge in [-0.3, -0.25) is 4.79 Å². The van der Waals surface area contributed by atoms with Gasteiger partial charge in [-0.05, 0) is 61.9 Å². The first-order valence-corrected chi connectivity index (χ1v) is 7.39. The Labute approximate surface area is 127 Å². The van der Waals surface area contributed by atoms with Crippen LogP contribution in [0.5, 0.6) is 0 Å². The molecule has 0 aliphatic carbocycles. The number of hydrogen-bond donors (Lipinski definition) is 1. The van der Waals surface area contributed by atoms with Crippen molar-refractivity contribution < 1.29 is 4.79 Å². The van der Waals surface area contributed by atoms with Crippen LogP contribution in [0.1, 0.15) is 34.2 Å². The van der Waals surface area contributed by atoms with Crippen molar-refractivity contribution >= 4 is 11.6 Å². The summed E-state index contributed by atoms with van der Waals surface area (Å²) in [6, 6.07) is 12.4. The zero-order chi connectivity index (χ0) is 15.4. The number of nitrogens with one attached hydrogen (secondary N) is 1. The topological polar surface area (TPSA) is 29.1 Å². The maximum Gasteiger partial charge on any atom is 0.224 e. The molecule has 0 spiro atoms. The number of para-hydroxylation sites is 1. The van der Waals surface area contributed by atoms with E-state index in [-0.39, 0.29) is 5.91 Å². The van der Waals surface area contributed by atoms with Crippen LogP contribution in [0.2, 0.25) is 0 Å². The van der Waals surface area contributed by atoms with Gasteiger partial charge in [0.2, 0.25) is 5.91 Å². The van der Waals surface area contributed by atoms with Gasteiger partial charge in [-0.2, -0.15) is 0 Å². The molecule has 2 rings (SSSR count). The van der Waals surface area contributed by atoms with Crippen molar-refractivity contribution in [1.29, 1.82) is 0 Å². The summed E-state index contributed by atoms with van der Waals surface area (Å²) in [6.07, 6.45) is 1.29. The zero-order valence-electron chi connectivity index (χ0n) is 13.3. The van der Waals surface area contributed by atoms with Crippen LogP contribution in [0.4, 0.5) is 5.69 Å². The number of benzene rings is 2. The van der Waals surface area contributed by atoms with Crippen LogP contribution in [0.15, 0.2) is 36.4 Å². The van der Waals surface area contributed by atoms with E-state index < -0.39 is 0 Å². The van der Waals surface area contributed by atoms with Crippen molar-refractivity contribution in [3.63, 3.8) is 0 Å². The van der Waals surface area contributed by atoms with Gasteiger partial charge in [-0.25, -0.2) is 0 Å². The van der Waals surface area contributed by atoms with Gasteiger partial charge in [0.05, 0.1) is 0 Å². The quantitative estimate of drug-likeness (QED) is 0.879. The smallest absolute Gasteiger partial charge is 0.224 e. The monoisotopic (exact) mass is 281 g/mol. The van der Waals surface area contributed by atoms with E-state index in [4.69, 9.17) is 0 Å². The molecule has 2 aromatic carbocycles. The van der Waals surface area contributed by atoms with Crippen LogP contribution < -0.4 is 5.32 Å². The summed E-state index contributed by atoms with van der Waals surface area (Å²) in [6.45, 7) is 8.25. The normalized spacial score (nSPS) is 10.5. The lowest BCUT2D eigenvalue weighted by atomic mass is 10.0. The van der Waals surface area contributed by atoms with E-state index in [1.54, 1.807) is 0 Å². The van der Waals surface area contributed by atoms with Gasteiger partial charge in [-0.15, -0.1) is 0 Å². The molecule has 0 fully saturated rings. The third-order valence-electron chi connectivity index (χ3n) is 3.96. The second-order valence-corrected chi connectivity index (χ2v) is 5.73. The van der Waals surface area contributed by atoms with E-state index in [0.29, 0.717) is 6.42 Å². The van der Waals surface area contributed by atoms with Gasteiger partial charge in [0, 0.05) is 12.1 Å². The van der Waals surface area contributed by atoms with Crippen molar-refractivity contribution in [2.24, 2.45) is 0 Å². The van der Waals surface area contributed by atoms with Crippen LogP contribution in [-0.2, 0) is 11.2 Å². The lowest BCUT2D eigenvalue weighted by molar-refractivity contribution is -0.116. The zero-order valence-corrected chi connectivity index (χ0v) is 13.3. The highest BCUT2D eigenvalue weighted by Crippen LogP contribution is 2.20. The molecule has 0 saturated carbocycles. The molecule has 0 unspecified atom stereocenters. The Balaban J connectivity index is 1.97. The molecule has 0 aromatic heterocycles. The summed E-state index contributed by atoms with van der Waals surface area (Å²) in [4.78, 5) is 12.1. The third-order valence-corrected chi connectivity index (χ3v) is 3.96. The molecule has 110 valence electrons. The number of aryl methyl sites for hydroxylation is 5. The molecule has 1 N–H and O–H groups in total.